The Balaban J connectivity index is 1.60. The molecule has 0 aliphatic carbocycles. The SMILES string of the molecule is CCc1nc(C)c(C(=O)N2CC(Oc3ccccc3CC)C2)o1. The lowest BCUT2D eigenvalue weighted by Crippen LogP contribution is -2.56. The number of hydrogen-bond donors (Lipinski definition) is 0. The van der Waals surface area contributed by atoms with Crippen LogP contribution < -0.4 is 4.74 Å². The fourth-order valence-corrected chi connectivity index (χ4v) is 2.71. The van der Waals surface area contributed by atoms with Crippen LogP contribution in [0.2, 0.25) is 0 Å². The molecule has 1 aliphatic rings. The highest BCUT2D eigenvalue weighted by Crippen LogP contribution is 2.24. The summed E-state index contributed by atoms with van der Waals surface area (Å²) in [5.74, 6) is 1.78. The van der Waals surface area contributed by atoms with Gasteiger partial charge in [-0.3, -0.25) is 4.79 Å². The zero-order chi connectivity index (χ0) is 16.4. The van der Waals surface area contributed by atoms with Crippen LogP contribution in [0.4, 0.5) is 0 Å². The van der Waals surface area contributed by atoms with Crippen LogP contribution in [0.5, 0.6) is 5.75 Å². The predicted molar refractivity (Wildman–Crippen MR) is 86.8 cm³/mol. The van der Waals surface area contributed by atoms with Crippen molar-refractivity contribution in [2.45, 2.75) is 39.7 Å². The van der Waals surface area contributed by atoms with Gasteiger partial charge >= 0.3 is 0 Å². The van der Waals surface area contributed by atoms with E-state index in [1.807, 2.05) is 25.1 Å². The number of aryl methyl sites for hydroxylation is 3. The van der Waals surface area contributed by atoms with Gasteiger partial charge in [0.05, 0.1) is 18.8 Å². The molecule has 0 N–H and O–H groups in total. The van der Waals surface area contributed by atoms with E-state index in [1.165, 1.54) is 5.56 Å². The summed E-state index contributed by atoms with van der Waals surface area (Å²) in [5.41, 5.74) is 1.85. The molecule has 1 aliphatic heterocycles. The topological polar surface area (TPSA) is 55.6 Å². The number of carbonyl (C=O) groups is 1. The van der Waals surface area contributed by atoms with Crippen LogP contribution in [-0.4, -0.2) is 35.0 Å². The number of rotatable bonds is 5. The van der Waals surface area contributed by atoms with Gasteiger partial charge in [0.1, 0.15) is 11.9 Å². The maximum atomic E-state index is 12.4. The summed E-state index contributed by atoms with van der Waals surface area (Å²) in [6, 6.07) is 8.04. The Labute approximate surface area is 136 Å². The standard InChI is InChI=1S/C18H22N2O3/c1-4-13-8-6-7-9-15(13)22-14-10-20(11-14)18(21)17-12(3)19-16(5-2)23-17/h6-9,14H,4-5,10-11H2,1-3H3. The lowest BCUT2D eigenvalue weighted by molar-refractivity contribution is 0.0150. The minimum Gasteiger partial charge on any atom is -0.486 e. The highest BCUT2D eigenvalue weighted by molar-refractivity contribution is 5.93. The highest BCUT2D eigenvalue weighted by Gasteiger charge is 2.35. The summed E-state index contributed by atoms with van der Waals surface area (Å²) in [6.45, 7) is 7.03. The molecule has 2 heterocycles. The molecule has 122 valence electrons. The lowest BCUT2D eigenvalue weighted by atomic mass is 10.1. The highest BCUT2D eigenvalue weighted by atomic mass is 16.5. The van der Waals surface area contributed by atoms with Gasteiger partial charge in [-0.2, -0.15) is 0 Å². The molecular formula is C18H22N2O3. The van der Waals surface area contributed by atoms with Crippen molar-refractivity contribution in [1.29, 1.82) is 0 Å². The first-order valence-electron chi connectivity index (χ1n) is 8.12. The first kappa shape index (κ1) is 15.6. The van der Waals surface area contributed by atoms with Crippen molar-refractivity contribution in [3.05, 3.63) is 47.2 Å². The van der Waals surface area contributed by atoms with E-state index in [4.69, 9.17) is 9.15 Å². The van der Waals surface area contributed by atoms with Gasteiger partial charge in [0.15, 0.2) is 5.89 Å². The van der Waals surface area contributed by atoms with E-state index in [1.54, 1.807) is 11.8 Å². The molecule has 2 aromatic rings. The first-order valence-corrected chi connectivity index (χ1v) is 8.12. The van der Waals surface area contributed by atoms with E-state index in [0.29, 0.717) is 36.9 Å². The second-order valence-corrected chi connectivity index (χ2v) is 5.79. The zero-order valence-corrected chi connectivity index (χ0v) is 13.8. The number of para-hydroxylation sites is 1. The second-order valence-electron chi connectivity index (χ2n) is 5.79. The maximum Gasteiger partial charge on any atom is 0.291 e. The van der Waals surface area contributed by atoms with Gasteiger partial charge in [-0.15, -0.1) is 0 Å². The molecule has 3 rings (SSSR count). The minimum atomic E-state index is -0.0988. The number of nitrogens with zero attached hydrogens (tertiary/aromatic N) is 2. The van der Waals surface area contributed by atoms with Crippen LogP contribution in [0.1, 0.15) is 41.6 Å². The van der Waals surface area contributed by atoms with Crippen molar-refractivity contribution in [2.24, 2.45) is 0 Å². The monoisotopic (exact) mass is 314 g/mol. The predicted octanol–water partition coefficient (Wildman–Crippen LogP) is 3.01. The van der Waals surface area contributed by atoms with Crippen LogP contribution in [0, 0.1) is 6.92 Å². The van der Waals surface area contributed by atoms with E-state index in [2.05, 4.69) is 18.0 Å². The van der Waals surface area contributed by atoms with Crippen molar-refractivity contribution in [3.8, 4) is 5.75 Å². The number of benzene rings is 1. The summed E-state index contributed by atoms with van der Waals surface area (Å²) in [6.07, 6.45) is 1.66. The molecule has 1 aromatic carbocycles. The van der Waals surface area contributed by atoms with Crippen LogP contribution in [-0.2, 0) is 12.8 Å². The normalized spacial score (nSPS) is 14.7. The third-order valence-electron chi connectivity index (χ3n) is 4.12. The molecule has 1 aromatic heterocycles. The minimum absolute atomic E-state index is 0.0422. The third-order valence-corrected chi connectivity index (χ3v) is 4.12. The van der Waals surface area contributed by atoms with E-state index < -0.39 is 0 Å². The molecule has 0 radical (unpaired) electrons. The van der Waals surface area contributed by atoms with Crippen LogP contribution in [0.3, 0.4) is 0 Å². The molecule has 23 heavy (non-hydrogen) atoms. The second kappa shape index (κ2) is 6.44. The Morgan fingerprint density at radius 3 is 2.70 bits per heavy atom. The fourth-order valence-electron chi connectivity index (χ4n) is 2.71. The Bertz CT molecular complexity index is 702. The molecule has 0 spiro atoms. The number of likely N-dealkylation sites (tertiary alicyclic amines) is 1. The Hall–Kier alpha value is -2.30. The third kappa shape index (κ3) is 3.09. The number of ether oxygens (including phenoxy) is 1. The van der Waals surface area contributed by atoms with E-state index in [-0.39, 0.29) is 12.0 Å². The van der Waals surface area contributed by atoms with Crippen molar-refractivity contribution in [1.82, 2.24) is 9.88 Å². The van der Waals surface area contributed by atoms with Gasteiger partial charge in [-0.25, -0.2) is 4.98 Å². The quantitative estimate of drug-likeness (QED) is 0.851. The lowest BCUT2D eigenvalue weighted by Gasteiger charge is -2.38. The van der Waals surface area contributed by atoms with Crippen LogP contribution in [0.25, 0.3) is 0 Å². The van der Waals surface area contributed by atoms with Crippen LogP contribution in [0.15, 0.2) is 28.7 Å². The van der Waals surface area contributed by atoms with Crippen molar-refractivity contribution in [3.63, 3.8) is 0 Å². The van der Waals surface area contributed by atoms with Gasteiger partial charge in [-0.1, -0.05) is 32.0 Å². The van der Waals surface area contributed by atoms with Gasteiger partial charge in [0, 0.05) is 6.42 Å². The number of aromatic nitrogens is 1. The largest absolute Gasteiger partial charge is 0.486 e. The van der Waals surface area contributed by atoms with E-state index in [0.717, 1.165) is 12.2 Å². The summed E-state index contributed by atoms with van der Waals surface area (Å²) in [7, 11) is 0. The average Bonchev–Trinajstić information content (AvgIpc) is 2.91. The number of amides is 1. The molecule has 1 fully saturated rings. The van der Waals surface area contributed by atoms with Crippen molar-refractivity contribution in [2.75, 3.05) is 13.1 Å². The number of hydrogen-bond acceptors (Lipinski definition) is 4. The van der Waals surface area contributed by atoms with Gasteiger partial charge in [0.25, 0.3) is 5.91 Å². The van der Waals surface area contributed by atoms with E-state index in [9.17, 15) is 4.79 Å². The molecule has 5 nitrogen and oxygen atoms in total. The fraction of sp³-hybridized carbons (Fsp3) is 0.444. The molecule has 0 bridgehead atoms. The number of oxazole rings is 1. The molecule has 1 amide bonds. The van der Waals surface area contributed by atoms with Gasteiger partial charge in [-0.05, 0) is 25.0 Å². The van der Waals surface area contributed by atoms with Crippen LogP contribution >= 0.6 is 0 Å². The smallest absolute Gasteiger partial charge is 0.291 e. The van der Waals surface area contributed by atoms with E-state index >= 15 is 0 Å². The molecule has 0 atom stereocenters. The van der Waals surface area contributed by atoms with Crippen molar-refractivity contribution >= 4 is 5.91 Å². The zero-order valence-electron chi connectivity index (χ0n) is 13.8. The molecule has 1 saturated heterocycles. The molecule has 0 saturated carbocycles. The maximum absolute atomic E-state index is 12.4. The summed E-state index contributed by atoms with van der Waals surface area (Å²) < 4.78 is 11.5. The molecule has 5 heteroatoms. The first-order chi connectivity index (χ1) is 11.1. The van der Waals surface area contributed by atoms with Gasteiger partial charge in [0.2, 0.25) is 5.76 Å². The Morgan fingerprint density at radius 1 is 1.30 bits per heavy atom. The summed E-state index contributed by atoms with van der Waals surface area (Å²) >= 11 is 0. The average molecular weight is 314 g/mol. The van der Waals surface area contributed by atoms with Crippen molar-refractivity contribution < 1.29 is 13.9 Å². The Morgan fingerprint density at radius 2 is 2.04 bits per heavy atom. The summed E-state index contributed by atoms with van der Waals surface area (Å²) in [4.78, 5) is 18.4. The number of carbonyl (C=O) groups excluding carboxylic acids is 1. The summed E-state index contributed by atoms with van der Waals surface area (Å²) in [5, 5.41) is 0. The van der Waals surface area contributed by atoms with Gasteiger partial charge < -0.3 is 14.1 Å². The Kier molecular flexibility index (Phi) is 4.37. The molecule has 0 unspecified atom stereocenters. The molecular weight excluding hydrogens is 292 g/mol.